The van der Waals surface area contributed by atoms with Crippen molar-refractivity contribution in [1.82, 2.24) is 4.90 Å². The lowest BCUT2D eigenvalue weighted by atomic mass is 10.1. The van der Waals surface area contributed by atoms with E-state index in [-0.39, 0.29) is 23.9 Å². The van der Waals surface area contributed by atoms with E-state index in [0.717, 1.165) is 18.7 Å². The second-order valence-corrected chi connectivity index (χ2v) is 5.00. The number of nitrogens with zero attached hydrogens (tertiary/aromatic N) is 1. The highest BCUT2D eigenvalue weighted by Gasteiger charge is 2.32. The Balaban J connectivity index is 2.09. The van der Waals surface area contributed by atoms with Gasteiger partial charge in [-0.1, -0.05) is 0 Å². The maximum absolute atomic E-state index is 13.5. The van der Waals surface area contributed by atoms with Crippen molar-refractivity contribution in [2.24, 2.45) is 5.73 Å². The number of nitrogens with one attached hydrogen (secondary N) is 1. The van der Waals surface area contributed by atoms with E-state index in [1.807, 2.05) is 0 Å². The van der Waals surface area contributed by atoms with E-state index in [1.54, 1.807) is 20.3 Å². The Labute approximate surface area is 118 Å². The van der Waals surface area contributed by atoms with Crippen LogP contribution in [0.15, 0.2) is 18.2 Å². The first-order valence-electron chi connectivity index (χ1n) is 6.45. The fourth-order valence-electron chi connectivity index (χ4n) is 2.56. The van der Waals surface area contributed by atoms with Crippen molar-refractivity contribution in [3.63, 3.8) is 0 Å². The first kappa shape index (κ1) is 14.9. The number of ether oxygens (including phenoxy) is 2. The van der Waals surface area contributed by atoms with Gasteiger partial charge in [0.15, 0.2) is 0 Å². The molecular weight excluding hydrogens is 261 g/mol. The summed E-state index contributed by atoms with van der Waals surface area (Å²) in [6, 6.07) is 4.48. The van der Waals surface area contributed by atoms with E-state index >= 15 is 0 Å². The van der Waals surface area contributed by atoms with Crippen LogP contribution in [0.2, 0.25) is 0 Å². The van der Waals surface area contributed by atoms with Crippen molar-refractivity contribution < 1.29 is 13.9 Å². The first-order chi connectivity index (χ1) is 9.53. The highest BCUT2D eigenvalue weighted by atomic mass is 19.1. The smallest absolute Gasteiger partial charge is 0.124 e. The van der Waals surface area contributed by atoms with Gasteiger partial charge >= 0.3 is 0 Å². The molecule has 0 spiro atoms. The van der Waals surface area contributed by atoms with Gasteiger partial charge in [0.25, 0.3) is 0 Å². The van der Waals surface area contributed by atoms with E-state index in [1.165, 1.54) is 12.1 Å². The molecule has 3 N–H and O–H groups in total. The number of nitrogens with two attached hydrogens (primary N) is 1. The van der Waals surface area contributed by atoms with Gasteiger partial charge in [0.05, 0.1) is 12.2 Å². The Hall–Kier alpha value is -1.50. The van der Waals surface area contributed by atoms with E-state index < -0.39 is 0 Å². The second-order valence-electron chi connectivity index (χ2n) is 5.00. The summed E-state index contributed by atoms with van der Waals surface area (Å²) in [6.07, 6.45) is 0.0571. The minimum atomic E-state index is -0.376. The van der Waals surface area contributed by atoms with Crippen LogP contribution in [0.4, 0.5) is 4.39 Å². The Morgan fingerprint density at radius 2 is 1.90 bits per heavy atom. The molecule has 0 amide bonds. The molecule has 5 nitrogen and oxygen atoms in total. The van der Waals surface area contributed by atoms with Crippen LogP contribution in [0.25, 0.3) is 0 Å². The van der Waals surface area contributed by atoms with Gasteiger partial charge in [0.1, 0.15) is 11.7 Å². The minimum absolute atomic E-state index is 0.0286. The van der Waals surface area contributed by atoms with Gasteiger partial charge < -0.3 is 15.2 Å². The predicted octanol–water partition coefficient (Wildman–Crippen LogP) is 0.955. The van der Waals surface area contributed by atoms with Crippen LogP contribution >= 0.6 is 0 Å². The molecule has 0 saturated carbocycles. The predicted molar refractivity (Wildman–Crippen MR) is 74.3 cm³/mol. The van der Waals surface area contributed by atoms with E-state index in [2.05, 4.69) is 4.90 Å². The zero-order valence-electron chi connectivity index (χ0n) is 11.7. The third kappa shape index (κ3) is 3.33. The summed E-state index contributed by atoms with van der Waals surface area (Å²) in [7, 11) is 3.33. The van der Waals surface area contributed by atoms with Gasteiger partial charge in [0.2, 0.25) is 0 Å². The molecule has 2 unspecified atom stereocenters. The summed E-state index contributed by atoms with van der Waals surface area (Å²) in [5, 5.41) is 7.39. The number of halogens is 1. The normalized spacial score (nSPS) is 23.1. The SMILES string of the molecule is COC1CN(Cc2cc(F)cc(C(=N)N)c2)CC1OC. The third-order valence-electron chi connectivity index (χ3n) is 3.57. The number of methoxy groups -OCH3 is 2. The fraction of sp³-hybridized carbons (Fsp3) is 0.500. The van der Waals surface area contributed by atoms with Gasteiger partial charge in [0, 0.05) is 39.4 Å². The van der Waals surface area contributed by atoms with Crippen molar-refractivity contribution in [3.8, 4) is 0 Å². The van der Waals surface area contributed by atoms with Crippen molar-refractivity contribution in [2.45, 2.75) is 18.8 Å². The zero-order valence-corrected chi connectivity index (χ0v) is 11.7. The Kier molecular flexibility index (Phi) is 4.69. The number of rotatable bonds is 5. The summed E-state index contributed by atoms with van der Waals surface area (Å²) in [4.78, 5) is 2.14. The van der Waals surface area contributed by atoms with Crippen LogP contribution in [0.3, 0.4) is 0 Å². The zero-order chi connectivity index (χ0) is 14.7. The molecule has 1 aromatic carbocycles. The second kappa shape index (κ2) is 6.30. The topological polar surface area (TPSA) is 71.6 Å². The van der Waals surface area contributed by atoms with Crippen molar-refractivity contribution in [1.29, 1.82) is 5.41 Å². The fourth-order valence-corrected chi connectivity index (χ4v) is 2.56. The van der Waals surface area contributed by atoms with E-state index in [9.17, 15) is 4.39 Å². The standard InChI is InChI=1S/C14H20FN3O2/c1-19-12-7-18(8-13(12)20-2)6-9-3-10(14(16)17)5-11(15)4-9/h3-5,12-13H,6-8H2,1-2H3,(H3,16,17). The molecule has 1 aliphatic rings. The number of likely N-dealkylation sites (tertiary alicyclic amines) is 1. The maximum atomic E-state index is 13.5. The molecule has 1 aromatic rings. The molecule has 2 rings (SSSR count). The van der Waals surface area contributed by atoms with Gasteiger partial charge in [-0.15, -0.1) is 0 Å². The van der Waals surface area contributed by atoms with Crippen molar-refractivity contribution in [3.05, 3.63) is 35.1 Å². The molecule has 2 atom stereocenters. The number of hydrogen-bond acceptors (Lipinski definition) is 4. The average molecular weight is 281 g/mol. The summed E-state index contributed by atoms with van der Waals surface area (Å²) >= 11 is 0. The molecule has 1 aliphatic heterocycles. The van der Waals surface area contributed by atoms with E-state index in [4.69, 9.17) is 20.6 Å². The summed E-state index contributed by atoms with van der Waals surface area (Å²) in [6.45, 7) is 2.06. The number of benzene rings is 1. The number of hydrogen-bond donors (Lipinski definition) is 2. The highest BCUT2D eigenvalue weighted by molar-refractivity contribution is 5.95. The maximum Gasteiger partial charge on any atom is 0.124 e. The first-order valence-corrected chi connectivity index (χ1v) is 6.45. The van der Waals surface area contributed by atoms with Gasteiger partial charge in [-0.3, -0.25) is 10.3 Å². The van der Waals surface area contributed by atoms with Crippen molar-refractivity contribution >= 4 is 5.84 Å². The lowest BCUT2D eigenvalue weighted by Crippen LogP contribution is -2.27. The number of nitrogen functional groups attached to an aromatic ring is 1. The molecule has 0 bridgehead atoms. The lowest BCUT2D eigenvalue weighted by molar-refractivity contribution is -0.00461. The Bertz CT molecular complexity index is 483. The van der Waals surface area contributed by atoms with Gasteiger partial charge in [-0.25, -0.2) is 4.39 Å². The summed E-state index contributed by atoms with van der Waals surface area (Å²) in [5.74, 6) is -0.504. The van der Waals surface area contributed by atoms with Crippen LogP contribution in [0, 0.1) is 11.2 Å². The van der Waals surface area contributed by atoms with Crippen molar-refractivity contribution in [2.75, 3.05) is 27.3 Å². The molecule has 1 fully saturated rings. The largest absolute Gasteiger partial charge is 0.384 e. The average Bonchev–Trinajstić information content (AvgIpc) is 2.80. The van der Waals surface area contributed by atoms with Gasteiger partial charge in [-0.05, 0) is 23.8 Å². The third-order valence-corrected chi connectivity index (χ3v) is 3.57. The highest BCUT2D eigenvalue weighted by Crippen LogP contribution is 2.19. The van der Waals surface area contributed by atoms with Crippen LogP contribution < -0.4 is 5.73 Å². The van der Waals surface area contributed by atoms with E-state index in [0.29, 0.717) is 12.1 Å². The Morgan fingerprint density at radius 3 is 2.40 bits per heavy atom. The van der Waals surface area contributed by atoms with Crippen LogP contribution in [0.5, 0.6) is 0 Å². The van der Waals surface area contributed by atoms with Gasteiger partial charge in [-0.2, -0.15) is 0 Å². The molecule has 0 aromatic heterocycles. The molecule has 20 heavy (non-hydrogen) atoms. The lowest BCUT2D eigenvalue weighted by Gasteiger charge is -2.16. The minimum Gasteiger partial charge on any atom is -0.384 e. The Morgan fingerprint density at radius 1 is 1.30 bits per heavy atom. The van der Waals surface area contributed by atoms with Crippen LogP contribution in [-0.2, 0) is 16.0 Å². The van der Waals surface area contributed by atoms with Crippen LogP contribution in [-0.4, -0.2) is 50.3 Å². The molecule has 1 saturated heterocycles. The monoisotopic (exact) mass is 281 g/mol. The molecule has 1 heterocycles. The molecule has 0 radical (unpaired) electrons. The summed E-state index contributed by atoms with van der Waals surface area (Å²) < 4.78 is 24.3. The molecule has 0 aliphatic carbocycles. The number of amidine groups is 1. The molecular formula is C14H20FN3O2. The molecule has 110 valence electrons. The quantitative estimate of drug-likeness (QED) is 0.623. The molecule has 6 heteroatoms. The van der Waals surface area contributed by atoms with Crippen LogP contribution in [0.1, 0.15) is 11.1 Å². The summed E-state index contributed by atoms with van der Waals surface area (Å²) in [5.41, 5.74) is 6.61.